The lowest BCUT2D eigenvalue weighted by atomic mass is 9.94. The number of hydrogen-bond donors (Lipinski definition) is 0. The fourth-order valence-corrected chi connectivity index (χ4v) is 3.70. The molecule has 2 aliphatic rings. The third-order valence-electron chi connectivity index (χ3n) is 5.22. The predicted octanol–water partition coefficient (Wildman–Crippen LogP) is 3.34. The minimum absolute atomic E-state index is 0.104. The van der Waals surface area contributed by atoms with Gasteiger partial charge in [0.2, 0.25) is 5.91 Å². The van der Waals surface area contributed by atoms with Crippen molar-refractivity contribution in [3.05, 3.63) is 29.8 Å². The van der Waals surface area contributed by atoms with E-state index >= 15 is 0 Å². The number of carbonyl (C=O) groups is 2. The Kier molecular flexibility index (Phi) is 5.54. The van der Waals surface area contributed by atoms with Crippen LogP contribution in [0.2, 0.25) is 0 Å². The van der Waals surface area contributed by atoms with E-state index in [4.69, 9.17) is 4.74 Å². The normalized spacial score (nSPS) is 20.5. The van der Waals surface area contributed by atoms with Crippen molar-refractivity contribution in [1.29, 1.82) is 0 Å². The second-order valence-corrected chi connectivity index (χ2v) is 8.38. The first-order valence-corrected chi connectivity index (χ1v) is 9.69. The van der Waals surface area contributed by atoms with E-state index < -0.39 is 0 Å². The lowest BCUT2D eigenvalue weighted by Crippen LogP contribution is -2.44. The Labute approximate surface area is 156 Å². The van der Waals surface area contributed by atoms with Gasteiger partial charge < -0.3 is 14.5 Å². The molecule has 3 rings (SSSR count). The van der Waals surface area contributed by atoms with E-state index in [9.17, 15) is 9.59 Å². The molecule has 0 aromatic heterocycles. The summed E-state index contributed by atoms with van der Waals surface area (Å²) in [5.41, 5.74) is 0.352. The van der Waals surface area contributed by atoms with Gasteiger partial charge in [-0.2, -0.15) is 0 Å². The van der Waals surface area contributed by atoms with Crippen molar-refractivity contribution >= 4 is 11.8 Å². The van der Waals surface area contributed by atoms with E-state index in [0.29, 0.717) is 12.2 Å². The smallest absolute Gasteiger partial charge is 0.253 e. The number of hydrogen-bond acceptors (Lipinski definition) is 3. The summed E-state index contributed by atoms with van der Waals surface area (Å²) in [4.78, 5) is 28.8. The molecule has 2 amide bonds. The van der Waals surface area contributed by atoms with Gasteiger partial charge in [-0.05, 0) is 49.9 Å². The standard InChI is InChI=1S/C21H30N2O3/c1-21(2,3)20(25)23-14-6-7-17(23)15-26-18-10-8-16(9-11-18)19(24)22-12-4-5-13-22/h8-11,17H,4-7,12-15H2,1-3H3. The van der Waals surface area contributed by atoms with Crippen LogP contribution in [0.5, 0.6) is 5.75 Å². The van der Waals surface area contributed by atoms with Crippen LogP contribution in [0.15, 0.2) is 24.3 Å². The van der Waals surface area contributed by atoms with Crippen molar-refractivity contribution in [2.75, 3.05) is 26.2 Å². The van der Waals surface area contributed by atoms with E-state index in [1.165, 1.54) is 0 Å². The number of carbonyl (C=O) groups excluding carboxylic acids is 2. The van der Waals surface area contributed by atoms with Gasteiger partial charge >= 0.3 is 0 Å². The molecule has 2 heterocycles. The Morgan fingerprint density at radius 1 is 1.04 bits per heavy atom. The third kappa shape index (κ3) is 4.19. The first-order chi connectivity index (χ1) is 12.4. The van der Waals surface area contributed by atoms with E-state index in [1.54, 1.807) is 0 Å². The van der Waals surface area contributed by atoms with Gasteiger partial charge in [0, 0.05) is 30.6 Å². The molecule has 1 aromatic rings. The molecule has 1 atom stereocenters. The summed E-state index contributed by atoms with van der Waals surface area (Å²) in [6, 6.07) is 7.51. The number of likely N-dealkylation sites (tertiary alicyclic amines) is 2. The van der Waals surface area contributed by atoms with Crippen molar-refractivity contribution in [2.45, 2.75) is 52.5 Å². The summed E-state index contributed by atoms with van der Waals surface area (Å²) in [6.07, 6.45) is 4.20. The lowest BCUT2D eigenvalue weighted by molar-refractivity contribution is -0.140. The topological polar surface area (TPSA) is 49.9 Å². The summed E-state index contributed by atoms with van der Waals surface area (Å²) >= 11 is 0. The zero-order valence-corrected chi connectivity index (χ0v) is 16.2. The summed E-state index contributed by atoms with van der Waals surface area (Å²) in [6.45, 7) is 8.91. The van der Waals surface area contributed by atoms with Crippen LogP contribution in [-0.4, -0.2) is 53.9 Å². The molecule has 1 aromatic carbocycles. The average molecular weight is 358 g/mol. The maximum absolute atomic E-state index is 12.6. The first kappa shape index (κ1) is 18.7. The molecule has 0 N–H and O–H groups in total. The van der Waals surface area contributed by atoms with E-state index in [2.05, 4.69) is 0 Å². The highest BCUT2D eigenvalue weighted by atomic mass is 16.5. The molecule has 0 aliphatic carbocycles. The molecule has 2 fully saturated rings. The monoisotopic (exact) mass is 358 g/mol. The van der Waals surface area contributed by atoms with Crippen LogP contribution >= 0.6 is 0 Å². The molecule has 2 saturated heterocycles. The summed E-state index contributed by atoms with van der Waals surface area (Å²) in [5, 5.41) is 0. The molecule has 0 bridgehead atoms. The van der Waals surface area contributed by atoms with Gasteiger partial charge in [0.05, 0.1) is 6.04 Å². The Balaban J connectivity index is 1.56. The van der Waals surface area contributed by atoms with Crippen LogP contribution in [0, 0.1) is 5.41 Å². The van der Waals surface area contributed by atoms with E-state index in [0.717, 1.165) is 51.1 Å². The van der Waals surface area contributed by atoms with Gasteiger partial charge in [-0.1, -0.05) is 20.8 Å². The molecular formula is C21H30N2O3. The minimum atomic E-state index is -0.361. The van der Waals surface area contributed by atoms with Gasteiger partial charge in [-0.25, -0.2) is 0 Å². The molecule has 1 unspecified atom stereocenters. The highest BCUT2D eigenvalue weighted by molar-refractivity contribution is 5.94. The van der Waals surface area contributed by atoms with E-state index in [1.807, 2.05) is 54.8 Å². The maximum Gasteiger partial charge on any atom is 0.253 e. The largest absolute Gasteiger partial charge is 0.491 e. The summed E-state index contributed by atoms with van der Waals surface area (Å²) < 4.78 is 5.92. The molecule has 0 saturated carbocycles. The number of ether oxygens (including phenoxy) is 1. The molecule has 5 heteroatoms. The third-order valence-corrected chi connectivity index (χ3v) is 5.22. The highest BCUT2D eigenvalue weighted by Gasteiger charge is 2.35. The minimum Gasteiger partial charge on any atom is -0.491 e. The Morgan fingerprint density at radius 3 is 2.31 bits per heavy atom. The van der Waals surface area contributed by atoms with Crippen LogP contribution in [0.3, 0.4) is 0 Å². The van der Waals surface area contributed by atoms with Crippen LogP contribution in [0.25, 0.3) is 0 Å². The highest BCUT2D eigenvalue weighted by Crippen LogP contribution is 2.26. The van der Waals surface area contributed by atoms with Crippen molar-refractivity contribution in [3.8, 4) is 5.75 Å². The van der Waals surface area contributed by atoms with Crippen LogP contribution < -0.4 is 4.74 Å². The SMILES string of the molecule is CC(C)(C)C(=O)N1CCCC1COc1ccc(C(=O)N2CCCC2)cc1. The lowest BCUT2D eigenvalue weighted by Gasteiger charge is -2.30. The second kappa shape index (κ2) is 7.68. The van der Waals surface area contributed by atoms with Gasteiger partial charge in [0.15, 0.2) is 0 Å². The Hall–Kier alpha value is -2.04. The average Bonchev–Trinajstić information content (AvgIpc) is 3.30. The summed E-state index contributed by atoms with van der Waals surface area (Å²) in [7, 11) is 0. The zero-order chi connectivity index (χ0) is 18.7. The number of rotatable bonds is 4. The molecule has 0 radical (unpaired) electrons. The molecule has 2 aliphatic heterocycles. The van der Waals surface area contributed by atoms with Gasteiger partial charge in [-0.3, -0.25) is 9.59 Å². The van der Waals surface area contributed by atoms with Crippen LogP contribution in [0.4, 0.5) is 0 Å². The molecule has 5 nitrogen and oxygen atoms in total. The number of nitrogens with zero attached hydrogens (tertiary/aromatic N) is 2. The van der Waals surface area contributed by atoms with Gasteiger partial charge in [0.25, 0.3) is 5.91 Å². The van der Waals surface area contributed by atoms with Crippen LogP contribution in [-0.2, 0) is 4.79 Å². The first-order valence-electron chi connectivity index (χ1n) is 9.69. The quantitative estimate of drug-likeness (QED) is 0.829. The molecule has 142 valence electrons. The Bertz CT molecular complexity index is 642. The number of amides is 2. The van der Waals surface area contributed by atoms with Crippen molar-refractivity contribution in [1.82, 2.24) is 9.80 Å². The zero-order valence-electron chi connectivity index (χ0n) is 16.2. The van der Waals surface area contributed by atoms with Crippen molar-refractivity contribution in [3.63, 3.8) is 0 Å². The Morgan fingerprint density at radius 2 is 1.69 bits per heavy atom. The van der Waals surface area contributed by atoms with Gasteiger partial charge in [-0.15, -0.1) is 0 Å². The molecular weight excluding hydrogens is 328 g/mol. The maximum atomic E-state index is 12.6. The number of benzene rings is 1. The molecule has 0 spiro atoms. The fourth-order valence-electron chi connectivity index (χ4n) is 3.70. The van der Waals surface area contributed by atoms with Crippen molar-refractivity contribution in [2.24, 2.45) is 5.41 Å². The summed E-state index contributed by atoms with van der Waals surface area (Å²) in [5.74, 6) is 1.04. The fraction of sp³-hybridized carbons (Fsp3) is 0.619. The predicted molar refractivity (Wildman–Crippen MR) is 101 cm³/mol. The van der Waals surface area contributed by atoms with Crippen LogP contribution in [0.1, 0.15) is 56.8 Å². The second-order valence-electron chi connectivity index (χ2n) is 8.38. The van der Waals surface area contributed by atoms with E-state index in [-0.39, 0.29) is 23.3 Å². The van der Waals surface area contributed by atoms with Gasteiger partial charge in [0.1, 0.15) is 12.4 Å². The molecule has 26 heavy (non-hydrogen) atoms. The van der Waals surface area contributed by atoms with Crippen molar-refractivity contribution < 1.29 is 14.3 Å².